The Morgan fingerprint density at radius 2 is 2.32 bits per heavy atom. The van der Waals surface area contributed by atoms with Crippen molar-refractivity contribution in [3.05, 3.63) is 28.8 Å². The molecule has 1 aromatic rings. The van der Waals surface area contributed by atoms with Crippen molar-refractivity contribution in [1.29, 1.82) is 0 Å². The molecule has 1 atom stereocenters. The fourth-order valence-corrected chi connectivity index (χ4v) is 2.37. The Bertz CT molecular complexity index is 404. The summed E-state index contributed by atoms with van der Waals surface area (Å²) >= 11 is 6.03. The smallest absolute Gasteiger partial charge is 0.123 e. The zero-order valence-electron chi connectivity index (χ0n) is 11.0. The Kier molecular flexibility index (Phi) is 6.89. The van der Waals surface area contributed by atoms with Gasteiger partial charge >= 0.3 is 0 Å². The van der Waals surface area contributed by atoms with E-state index in [-0.39, 0.29) is 18.5 Å². The van der Waals surface area contributed by atoms with Crippen LogP contribution in [0.3, 0.4) is 0 Å². The van der Waals surface area contributed by atoms with Crippen molar-refractivity contribution in [3.63, 3.8) is 0 Å². The first kappa shape index (κ1) is 16.5. The van der Waals surface area contributed by atoms with E-state index >= 15 is 0 Å². The SMILES string of the molecule is COc1ccc(Cl)cc1CN1CCOC(CN)C1.Cl. The van der Waals surface area contributed by atoms with Gasteiger partial charge in [0, 0.05) is 36.8 Å². The normalized spacial score (nSPS) is 19.8. The third-order valence-electron chi connectivity index (χ3n) is 3.12. The van der Waals surface area contributed by atoms with Crippen LogP contribution >= 0.6 is 24.0 Å². The molecule has 1 aromatic carbocycles. The van der Waals surface area contributed by atoms with Crippen molar-refractivity contribution < 1.29 is 9.47 Å². The molecule has 0 amide bonds. The number of nitrogens with zero attached hydrogens (tertiary/aromatic N) is 1. The number of rotatable bonds is 4. The highest BCUT2D eigenvalue weighted by Gasteiger charge is 2.20. The summed E-state index contributed by atoms with van der Waals surface area (Å²) in [5, 5.41) is 0.731. The quantitative estimate of drug-likeness (QED) is 0.923. The maximum atomic E-state index is 6.03. The number of hydrogen-bond acceptors (Lipinski definition) is 4. The second-order valence-electron chi connectivity index (χ2n) is 4.42. The molecule has 0 saturated carbocycles. The molecule has 1 unspecified atom stereocenters. The van der Waals surface area contributed by atoms with E-state index in [0.29, 0.717) is 6.54 Å². The Balaban J connectivity index is 0.00000180. The van der Waals surface area contributed by atoms with Crippen LogP contribution in [-0.2, 0) is 11.3 Å². The third kappa shape index (κ3) is 4.51. The van der Waals surface area contributed by atoms with E-state index in [9.17, 15) is 0 Å². The van der Waals surface area contributed by atoms with Gasteiger partial charge in [-0.25, -0.2) is 0 Å². The van der Waals surface area contributed by atoms with Gasteiger partial charge in [0.1, 0.15) is 5.75 Å². The first-order valence-electron chi connectivity index (χ1n) is 6.09. The summed E-state index contributed by atoms with van der Waals surface area (Å²) in [6.45, 7) is 3.86. The third-order valence-corrected chi connectivity index (χ3v) is 3.36. The van der Waals surface area contributed by atoms with Crippen LogP contribution in [0.2, 0.25) is 5.02 Å². The number of methoxy groups -OCH3 is 1. The number of halogens is 2. The molecule has 1 aliphatic heterocycles. The molecular formula is C13H20Cl2N2O2. The second kappa shape index (κ2) is 7.92. The predicted octanol–water partition coefficient (Wildman–Crippen LogP) is 1.93. The molecule has 108 valence electrons. The van der Waals surface area contributed by atoms with E-state index in [0.717, 1.165) is 42.6 Å². The fourth-order valence-electron chi connectivity index (χ4n) is 2.18. The molecular weight excluding hydrogens is 287 g/mol. The molecule has 1 fully saturated rings. The number of nitrogens with two attached hydrogens (primary N) is 1. The van der Waals surface area contributed by atoms with Gasteiger partial charge in [-0.05, 0) is 18.2 Å². The summed E-state index contributed by atoms with van der Waals surface area (Å²) in [6, 6.07) is 5.69. The predicted molar refractivity (Wildman–Crippen MR) is 79.3 cm³/mol. The lowest BCUT2D eigenvalue weighted by atomic mass is 10.1. The van der Waals surface area contributed by atoms with E-state index < -0.39 is 0 Å². The molecule has 6 heteroatoms. The highest BCUT2D eigenvalue weighted by atomic mass is 35.5. The van der Waals surface area contributed by atoms with Crippen LogP contribution in [0.4, 0.5) is 0 Å². The Labute approximate surface area is 125 Å². The maximum absolute atomic E-state index is 6.03. The molecule has 0 bridgehead atoms. The zero-order valence-corrected chi connectivity index (χ0v) is 12.5. The summed E-state index contributed by atoms with van der Waals surface area (Å²) in [4.78, 5) is 2.31. The van der Waals surface area contributed by atoms with Crippen LogP contribution in [-0.4, -0.2) is 44.4 Å². The molecule has 2 N–H and O–H groups in total. The van der Waals surface area contributed by atoms with Gasteiger partial charge in [-0.15, -0.1) is 12.4 Å². The van der Waals surface area contributed by atoms with Gasteiger partial charge in [-0.2, -0.15) is 0 Å². The molecule has 4 nitrogen and oxygen atoms in total. The molecule has 1 saturated heterocycles. The molecule has 2 rings (SSSR count). The topological polar surface area (TPSA) is 47.7 Å². The van der Waals surface area contributed by atoms with Gasteiger partial charge in [0.15, 0.2) is 0 Å². The largest absolute Gasteiger partial charge is 0.496 e. The van der Waals surface area contributed by atoms with E-state index in [4.69, 9.17) is 26.8 Å². The van der Waals surface area contributed by atoms with Gasteiger partial charge in [0.2, 0.25) is 0 Å². The molecule has 0 spiro atoms. The van der Waals surface area contributed by atoms with E-state index in [2.05, 4.69) is 4.90 Å². The molecule has 0 radical (unpaired) electrons. The Morgan fingerprint density at radius 3 is 3.00 bits per heavy atom. The number of ether oxygens (including phenoxy) is 2. The Morgan fingerprint density at radius 1 is 1.53 bits per heavy atom. The fraction of sp³-hybridized carbons (Fsp3) is 0.538. The van der Waals surface area contributed by atoms with Crippen LogP contribution in [0, 0.1) is 0 Å². The summed E-state index contributed by atoms with van der Waals surface area (Å²) in [7, 11) is 1.68. The van der Waals surface area contributed by atoms with Crippen LogP contribution in [0.1, 0.15) is 5.56 Å². The average Bonchev–Trinajstić information content (AvgIpc) is 2.39. The van der Waals surface area contributed by atoms with Gasteiger partial charge in [0.05, 0.1) is 19.8 Å². The van der Waals surface area contributed by atoms with Crippen molar-refractivity contribution in [2.45, 2.75) is 12.6 Å². The average molecular weight is 307 g/mol. The van der Waals surface area contributed by atoms with Crippen molar-refractivity contribution in [1.82, 2.24) is 4.90 Å². The summed E-state index contributed by atoms with van der Waals surface area (Å²) in [5.41, 5.74) is 6.74. The summed E-state index contributed by atoms with van der Waals surface area (Å²) in [5.74, 6) is 0.871. The summed E-state index contributed by atoms with van der Waals surface area (Å²) in [6.07, 6.45) is 0.129. The second-order valence-corrected chi connectivity index (χ2v) is 4.86. The molecule has 0 aromatic heterocycles. The monoisotopic (exact) mass is 306 g/mol. The highest BCUT2D eigenvalue weighted by Crippen LogP contribution is 2.24. The van der Waals surface area contributed by atoms with Crippen LogP contribution in [0.15, 0.2) is 18.2 Å². The lowest BCUT2D eigenvalue weighted by molar-refractivity contribution is -0.0262. The Hall–Kier alpha value is -0.520. The first-order valence-corrected chi connectivity index (χ1v) is 6.47. The van der Waals surface area contributed by atoms with E-state index in [1.54, 1.807) is 7.11 Å². The molecule has 19 heavy (non-hydrogen) atoms. The van der Waals surface area contributed by atoms with Crippen LogP contribution in [0.5, 0.6) is 5.75 Å². The number of morpholine rings is 1. The zero-order chi connectivity index (χ0) is 13.0. The minimum absolute atomic E-state index is 0. The van der Waals surface area contributed by atoms with Gasteiger partial charge in [0.25, 0.3) is 0 Å². The minimum atomic E-state index is 0. The van der Waals surface area contributed by atoms with Crippen LogP contribution < -0.4 is 10.5 Å². The maximum Gasteiger partial charge on any atom is 0.123 e. The number of hydrogen-bond donors (Lipinski definition) is 1. The van der Waals surface area contributed by atoms with Crippen molar-refractivity contribution in [2.75, 3.05) is 33.4 Å². The minimum Gasteiger partial charge on any atom is -0.496 e. The van der Waals surface area contributed by atoms with Crippen molar-refractivity contribution >= 4 is 24.0 Å². The lowest BCUT2D eigenvalue weighted by Gasteiger charge is -2.32. The van der Waals surface area contributed by atoms with Crippen LogP contribution in [0.25, 0.3) is 0 Å². The number of benzene rings is 1. The highest BCUT2D eigenvalue weighted by molar-refractivity contribution is 6.30. The lowest BCUT2D eigenvalue weighted by Crippen LogP contribution is -2.45. The van der Waals surface area contributed by atoms with Gasteiger partial charge in [-0.1, -0.05) is 11.6 Å². The van der Waals surface area contributed by atoms with Gasteiger partial charge < -0.3 is 15.2 Å². The van der Waals surface area contributed by atoms with Crippen molar-refractivity contribution in [2.24, 2.45) is 5.73 Å². The van der Waals surface area contributed by atoms with Gasteiger partial charge in [-0.3, -0.25) is 4.90 Å². The molecule has 1 aliphatic rings. The van der Waals surface area contributed by atoms with E-state index in [1.807, 2.05) is 18.2 Å². The first-order chi connectivity index (χ1) is 8.72. The van der Waals surface area contributed by atoms with E-state index in [1.165, 1.54) is 0 Å². The van der Waals surface area contributed by atoms with Crippen molar-refractivity contribution in [3.8, 4) is 5.75 Å². The standard InChI is InChI=1S/C13H19ClN2O2.ClH/c1-17-13-3-2-11(14)6-10(13)8-16-4-5-18-12(7-15)9-16;/h2-3,6,12H,4-5,7-9,15H2,1H3;1H. The summed E-state index contributed by atoms with van der Waals surface area (Å²) < 4.78 is 10.9. The molecule has 1 heterocycles. The molecule has 0 aliphatic carbocycles.